The number of rotatable bonds is 6. The molecule has 0 bridgehead atoms. The van der Waals surface area contributed by atoms with Crippen molar-refractivity contribution in [3.63, 3.8) is 0 Å². The number of halogens is 1. The third-order valence-electron chi connectivity index (χ3n) is 3.89. The Bertz CT molecular complexity index is 539. The number of aromatic nitrogens is 1. The topological polar surface area (TPSA) is 68.3 Å². The van der Waals surface area contributed by atoms with Crippen molar-refractivity contribution in [1.82, 2.24) is 10.3 Å². The van der Waals surface area contributed by atoms with Gasteiger partial charge in [0, 0.05) is 12.2 Å². The molecule has 126 valence electrons. The van der Waals surface area contributed by atoms with Crippen LogP contribution >= 0.6 is 11.6 Å². The Balaban J connectivity index is 2.00. The van der Waals surface area contributed by atoms with Gasteiger partial charge in [-0.2, -0.15) is 0 Å². The first-order valence-electron chi connectivity index (χ1n) is 8.08. The number of hydrogen-bond donors (Lipinski definition) is 1. The van der Waals surface area contributed by atoms with E-state index in [2.05, 4.69) is 10.3 Å². The zero-order valence-corrected chi connectivity index (χ0v) is 14.3. The molecule has 1 aliphatic rings. The van der Waals surface area contributed by atoms with Crippen molar-refractivity contribution in [3.05, 3.63) is 29.0 Å². The predicted molar refractivity (Wildman–Crippen MR) is 88.3 cm³/mol. The number of carbonyl (C=O) groups is 2. The van der Waals surface area contributed by atoms with E-state index in [0.29, 0.717) is 11.6 Å². The van der Waals surface area contributed by atoms with Gasteiger partial charge in [0.25, 0.3) is 5.91 Å². The molecule has 1 aromatic heterocycles. The molecule has 0 aromatic carbocycles. The van der Waals surface area contributed by atoms with E-state index in [-0.39, 0.29) is 23.4 Å². The largest absolute Gasteiger partial charge is 0.449 e. The second kappa shape index (κ2) is 8.29. The van der Waals surface area contributed by atoms with Crippen LogP contribution in [0.4, 0.5) is 0 Å². The Morgan fingerprint density at radius 2 is 2.04 bits per heavy atom. The average Bonchev–Trinajstić information content (AvgIpc) is 2.99. The van der Waals surface area contributed by atoms with E-state index in [0.717, 1.165) is 25.7 Å². The Morgan fingerprint density at radius 3 is 2.61 bits per heavy atom. The molecule has 1 heterocycles. The Kier molecular flexibility index (Phi) is 6.39. The summed E-state index contributed by atoms with van der Waals surface area (Å²) in [5, 5.41) is 3.30. The van der Waals surface area contributed by atoms with Crippen LogP contribution in [0.3, 0.4) is 0 Å². The smallest absolute Gasteiger partial charge is 0.340 e. The maximum Gasteiger partial charge on any atom is 0.340 e. The van der Waals surface area contributed by atoms with Crippen LogP contribution in [0.2, 0.25) is 5.15 Å². The number of pyridine rings is 1. The van der Waals surface area contributed by atoms with E-state index in [1.165, 1.54) is 12.3 Å². The van der Waals surface area contributed by atoms with Crippen molar-refractivity contribution in [2.75, 3.05) is 0 Å². The maximum atomic E-state index is 12.4. The van der Waals surface area contributed by atoms with Crippen molar-refractivity contribution < 1.29 is 14.3 Å². The van der Waals surface area contributed by atoms with Gasteiger partial charge in [-0.3, -0.25) is 4.79 Å². The van der Waals surface area contributed by atoms with Crippen LogP contribution < -0.4 is 5.32 Å². The van der Waals surface area contributed by atoms with E-state index >= 15 is 0 Å². The van der Waals surface area contributed by atoms with E-state index < -0.39 is 12.1 Å². The SMILES string of the molecule is CC(C)C[C@H](OC(=O)c1ccc(Cl)nc1)C(=O)NC1CCCC1. The third-order valence-corrected chi connectivity index (χ3v) is 4.12. The van der Waals surface area contributed by atoms with Crippen LogP contribution in [0.5, 0.6) is 0 Å². The maximum absolute atomic E-state index is 12.4. The Morgan fingerprint density at radius 1 is 1.35 bits per heavy atom. The van der Waals surface area contributed by atoms with Crippen LogP contribution in [-0.4, -0.2) is 29.0 Å². The van der Waals surface area contributed by atoms with E-state index in [9.17, 15) is 9.59 Å². The molecular weight excluding hydrogens is 316 g/mol. The molecule has 1 aliphatic carbocycles. The fourth-order valence-electron chi connectivity index (χ4n) is 2.69. The van der Waals surface area contributed by atoms with Gasteiger partial charge in [0.05, 0.1) is 5.56 Å². The van der Waals surface area contributed by atoms with Crippen molar-refractivity contribution in [2.24, 2.45) is 5.92 Å². The van der Waals surface area contributed by atoms with Gasteiger partial charge in [-0.1, -0.05) is 38.3 Å². The van der Waals surface area contributed by atoms with E-state index in [1.807, 2.05) is 13.8 Å². The molecule has 1 amide bonds. The molecular formula is C17H23ClN2O3. The predicted octanol–water partition coefficient (Wildman–Crippen LogP) is 3.37. The summed E-state index contributed by atoms with van der Waals surface area (Å²) in [5.41, 5.74) is 0.289. The molecule has 1 aromatic rings. The molecule has 0 saturated heterocycles. The van der Waals surface area contributed by atoms with Crippen LogP contribution in [-0.2, 0) is 9.53 Å². The summed E-state index contributed by atoms with van der Waals surface area (Å²) in [6.45, 7) is 3.99. The summed E-state index contributed by atoms with van der Waals surface area (Å²) in [5.74, 6) is -0.521. The van der Waals surface area contributed by atoms with Crippen LogP contribution in [0.25, 0.3) is 0 Å². The van der Waals surface area contributed by atoms with Crippen molar-refractivity contribution in [3.8, 4) is 0 Å². The number of amides is 1. The van der Waals surface area contributed by atoms with Crippen LogP contribution in [0.15, 0.2) is 18.3 Å². The van der Waals surface area contributed by atoms with Crippen LogP contribution in [0, 0.1) is 5.92 Å². The fraction of sp³-hybridized carbons (Fsp3) is 0.588. The molecule has 0 unspecified atom stereocenters. The standard InChI is InChI=1S/C17H23ClN2O3/c1-11(2)9-14(16(21)20-13-5-3-4-6-13)23-17(22)12-7-8-15(18)19-10-12/h7-8,10-11,13-14H,3-6,9H2,1-2H3,(H,20,21)/t14-/m0/s1. The number of esters is 1. The Hall–Kier alpha value is -1.62. The normalized spacial score (nSPS) is 16.3. The lowest BCUT2D eigenvalue weighted by Crippen LogP contribution is -2.42. The van der Waals surface area contributed by atoms with Gasteiger partial charge in [-0.25, -0.2) is 9.78 Å². The number of nitrogens with zero attached hydrogens (tertiary/aromatic N) is 1. The molecule has 0 radical (unpaired) electrons. The van der Waals surface area contributed by atoms with Gasteiger partial charge in [0.15, 0.2) is 6.10 Å². The van der Waals surface area contributed by atoms with E-state index in [1.54, 1.807) is 6.07 Å². The average molecular weight is 339 g/mol. The third kappa shape index (κ3) is 5.50. The lowest BCUT2D eigenvalue weighted by Gasteiger charge is -2.21. The van der Waals surface area contributed by atoms with Gasteiger partial charge in [0.2, 0.25) is 0 Å². The zero-order chi connectivity index (χ0) is 16.8. The van der Waals surface area contributed by atoms with Gasteiger partial charge in [-0.15, -0.1) is 0 Å². The highest BCUT2D eigenvalue weighted by Gasteiger charge is 2.27. The van der Waals surface area contributed by atoms with Gasteiger partial charge in [-0.05, 0) is 37.3 Å². The first-order chi connectivity index (χ1) is 11.0. The highest BCUT2D eigenvalue weighted by atomic mass is 35.5. The van der Waals surface area contributed by atoms with Gasteiger partial charge in [0.1, 0.15) is 5.15 Å². The van der Waals surface area contributed by atoms with Crippen LogP contribution in [0.1, 0.15) is 56.3 Å². The van der Waals surface area contributed by atoms with Gasteiger partial charge < -0.3 is 10.1 Å². The van der Waals surface area contributed by atoms with Crippen molar-refractivity contribution in [2.45, 2.75) is 58.1 Å². The number of hydrogen-bond acceptors (Lipinski definition) is 4. The molecule has 1 fully saturated rings. The summed E-state index contributed by atoms with van der Waals surface area (Å²) >= 11 is 5.71. The summed E-state index contributed by atoms with van der Waals surface area (Å²) < 4.78 is 5.43. The Labute approximate surface area is 141 Å². The lowest BCUT2D eigenvalue weighted by molar-refractivity contribution is -0.131. The van der Waals surface area contributed by atoms with Crippen molar-refractivity contribution in [1.29, 1.82) is 0 Å². The van der Waals surface area contributed by atoms with E-state index in [4.69, 9.17) is 16.3 Å². The van der Waals surface area contributed by atoms with Crippen molar-refractivity contribution >= 4 is 23.5 Å². The highest BCUT2D eigenvalue weighted by Crippen LogP contribution is 2.19. The molecule has 0 aliphatic heterocycles. The number of ether oxygens (including phenoxy) is 1. The zero-order valence-electron chi connectivity index (χ0n) is 13.5. The number of carbonyl (C=O) groups excluding carboxylic acids is 2. The highest BCUT2D eigenvalue weighted by molar-refractivity contribution is 6.29. The number of nitrogens with one attached hydrogen (secondary N) is 1. The molecule has 1 N–H and O–H groups in total. The fourth-order valence-corrected chi connectivity index (χ4v) is 2.81. The minimum Gasteiger partial charge on any atom is -0.449 e. The first kappa shape index (κ1) is 17.7. The second-order valence-electron chi connectivity index (χ2n) is 6.38. The molecule has 1 saturated carbocycles. The quantitative estimate of drug-likeness (QED) is 0.638. The minimum atomic E-state index is -0.779. The second-order valence-corrected chi connectivity index (χ2v) is 6.77. The summed E-state index contributed by atoms with van der Waals surface area (Å²) in [7, 11) is 0. The molecule has 2 rings (SSSR count). The monoisotopic (exact) mass is 338 g/mol. The molecule has 23 heavy (non-hydrogen) atoms. The van der Waals surface area contributed by atoms with Gasteiger partial charge >= 0.3 is 5.97 Å². The minimum absolute atomic E-state index is 0.202. The summed E-state index contributed by atoms with van der Waals surface area (Å²) in [4.78, 5) is 28.5. The molecule has 6 heteroatoms. The first-order valence-corrected chi connectivity index (χ1v) is 8.46. The summed E-state index contributed by atoms with van der Waals surface area (Å²) in [6, 6.07) is 3.26. The summed E-state index contributed by atoms with van der Waals surface area (Å²) in [6.07, 6.45) is 5.33. The molecule has 5 nitrogen and oxygen atoms in total. The molecule has 0 spiro atoms. The lowest BCUT2D eigenvalue weighted by atomic mass is 10.0. The molecule has 1 atom stereocenters.